The van der Waals surface area contributed by atoms with Crippen LogP contribution in [0.15, 0.2) is 42.6 Å². The van der Waals surface area contributed by atoms with Gasteiger partial charge in [-0.25, -0.2) is 9.67 Å². The average molecular weight is 432 g/mol. The van der Waals surface area contributed by atoms with E-state index in [0.717, 1.165) is 48.1 Å². The zero-order valence-electron chi connectivity index (χ0n) is 18.6. The van der Waals surface area contributed by atoms with E-state index in [4.69, 9.17) is 4.98 Å². The highest BCUT2D eigenvalue weighted by Crippen LogP contribution is 2.40. The first-order chi connectivity index (χ1) is 15.5. The van der Waals surface area contributed by atoms with Crippen LogP contribution in [0.3, 0.4) is 0 Å². The number of pyridine rings is 1. The molecule has 166 valence electrons. The summed E-state index contributed by atoms with van der Waals surface area (Å²) in [6.07, 6.45) is 5.59. The number of aromatic nitrogens is 3. The van der Waals surface area contributed by atoms with Crippen molar-refractivity contribution < 1.29 is 9.59 Å². The molecule has 0 bridgehead atoms. The van der Waals surface area contributed by atoms with Crippen molar-refractivity contribution in [3.05, 3.63) is 53.9 Å². The number of carbonyl (C=O) groups is 2. The van der Waals surface area contributed by atoms with Gasteiger partial charge in [0.1, 0.15) is 0 Å². The Morgan fingerprint density at radius 3 is 2.62 bits per heavy atom. The van der Waals surface area contributed by atoms with Crippen LogP contribution in [-0.2, 0) is 4.79 Å². The van der Waals surface area contributed by atoms with Crippen LogP contribution in [0.2, 0.25) is 0 Å². The number of nitrogens with zero attached hydrogens (tertiary/aromatic N) is 4. The Kier molecular flexibility index (Phi) is 5.41. The molecule has 3 aromatic rings. The van der Waals surface area contributed by atoms with Crippen molar-refractivity contribution in [1.29, 1.82) is 0 Å². The van der Waals surface area contributed by atoms with Crippen LogP contribution < -0.4 is 5.32 Å². The third kappa shape index (κ3) is 3.99. The van der Waals surface area contributed by atoms with Crippen molar-refractivity contribution in [3.8, 4) is 0 Å². The number of amides is 2. The Balaban J connectivity index is 1.40. The zero-order chi connectivity index (χ0) is 22.2. The van der Waals surface area contributed by atoms with E-state index in [0.29, 0.717) is 24.6 Å². The molecule has 2 aliphatic rings. The van der Waals surface area contributed by atoms with Gasteiger partial charge < -0.3 is 10.2 Å². The van der Waals surface area contributed by atoms with Crippen LogP contribution in [0, 0.1) is 5.92 Å². The van der Waals surface area contributed by atoms with Gasteiger partial charge in [-0.2, -0.15) is 5.10 Å². The molecule has 7 nitrogen and oxygen atoms in total. The smallest absolute Gasteiger partial charge is 0.254 e. The molecule has 1 aliphatic carbocycles. The predicted molar refractivity (Wildman–Crippen MR) is 124 cm³/mol. The van der Waals surface area contributed by atoms with Crippen molar-refractivity contribution >= 4 is 28.5 Å². The Morgan fingerprint density at radius 1 is 1.12 bits per heavy atom. The zero-order valence-corrected chi connectivity index (χ0v) is 18.6. The number of likely N-dealkylation sites (tertiary alicyclic amines) is 1. The maximum atomic E-state index is 13.6. The van der Waals surface area contributed by atoms with Gasteiger partial charge in [0, 0.05) is 36.4 Å². The number of piperidine rings is 1. The first kappa shape index (κ1) is 20.7. The largest absolute Gasteiger partial charge is 0.338 e. The molecule has 1 saturated carbocycles. The third-order valence-electron chi connectivity index (χ3n) is 6.42. The number of rotatable bonds is 5. The summed E-state index contributed by atoms with van der Waals surface area (Å²) in [4.78, 5) is 33.2. The molecule has 1 saturated heterocycles. The molecule has 2 fully saturated rings. The van der Waals surface area contributed by atoms with E-state index >= 15 is 0 Å². The number of hydrogen-bond acceptors (Lipinski definition) is 4. The summed E-state index contributed by atoms with van der Waals surface area (Å²) in [6, 6.07) is 11.6. The van der Waals surface area contributed by atoms with Crippen LogP contribution in [-0.4, -0.2) is 44.6 Å². The molecule has 1 aromatic carbocycles. The monoisotopic (exact) mass is 431 g/mol. The lowest BCUT2D eigenvalue weighted by Gasteiger charge is -2.32. The van der Waals surface area contributed by atoms with E-state index < -0.39 is 0 Å². The quantitative estimate of drug-likeness (QED) is 0.650. The van der Waals surface area contributed by atoms with Crippen LogP contribution >= 0.6 is 0 Å². The second-order valence-electron chi connectivity index (χ2n) is 9.23. The van der Waals surface area contributed by atoms with Gasteiger partial charge in [0.2, 0.25) is 5.91 Å². The first-order valence-electron chi connectivity index (χ1n) is 11.5. The molecule has 1 aliphatic heterocycles. The van der Waals surface area contributed by atoms with Crippen LogP contribution in [0.5, 0.6) is 0 Å². The maximum Gasteiger partial charge on any atom is 0.254 e. The highest BCUT2D eigenvalue weighted by molar-refractivity contribution is 6.06. The number of fused-ring (bicyclic) bond motifs is 1. The van der Waals surface area contributed by atoms with Gasteiger partial charge >= 0.3 is 0 Å². The Bertz CT molecular complexity index is 1150. The molecule has 1 unspecified atom stereocenters. The summed E-state index contributed by atoms with van der Waals surface area (Å²) in [6.45, 7) is 5.23. The number of anilines is 1. The lowest BCUT2D eigenvalue weighted by atomic mass is 9.96. The topological polar surface area (TPSA) is 80.1 Å². The second-order valence-corrected chi connectivity index (χ2v) is 9.23. The Hall–Kier alpha value is -3.22. The third-order valence-corrected chi connectivity index (χ3v) is 6.42. The molecule has 3 heterocycles. The number of para-hydroxylation sites is 1. The lowest BCUT2D eigenvalue weighted by molar-refractivity contribution is -0.121. The number of nitrogens with one attached hydrogen (secondary N) is 1. The van der Waals surface area contributed by atoms with E-state index in [9.17, 15) is 9.59 Å². The summed E-state index contributed by atoms with van der Waals surface area (Å²) >= 11 is 0. The molecule has 0 radical (unpaired) electrons. The summed E-state index contributed by atoms with van der Waals surface area (Å²) in [5.41, 5.74) is 3.21. The summed E-state index contributed by atoms with van der Waals surface area (Å²) in [7, 11) is 0. The van der Waals surface area contributed by atoms with Crippen molar-refractivity contribution in [1.82, 2.24) is 19.7 Å². The second kappa shape index (κ2) is 8.37. The molecule has 0 spiro atoms. The van der Waals surface area contributed by atoms with Crippen molar-refractivity contribution in [2.24, 2.45) is 5.92 Å². The van der Waals surface area contributed by atoms with Gasteiger partial charge in [-0.3, -0.25) is 9.59 Å². The lowest BCUT2D eigenvalue weighted by Crippen LogP contribution is -2.43. The van der Waals surface area contributed by atoms with Crippen molar-refractivity contribution in [3.63, 3.8) is 0 Å². The first-order valence-corrected chi connectivity index (χ1v) is 11.5. The summed E-state index contributed by atoms with van der Waals surface area (Å²) in [5, 5.41) is 8.30. The number of benzene rings is 1. The van der Waals surface area contributed by atoms with E-state index in [1.165, 1.54) is 0 Å². The van der Waals surface area contributed by atoms with Gasteiger partial charge in [-0.15, -0.1) is 0 Å². The fourth-order valence-corrected chi connectivity index (χ4v) is 4.49. The highest BCUT2D eigenvalue weighted by Gasteiger charge is 2.32. The molecule has 1 N–H and O–H groups in total. The predicted octanol–water partition coefficient (Wildman–Crippen LogP) is 4.38. The number of hydrogen-bond donors (Lipinski definition) is 1. The molecule has 2 amide bonds. The number of carbonyl (C=O) groups excluding carboxylic acids is 2. The van der Waals surface area contributed by atoms with E-state index in [2.05, 4.69) is 24.3 Å². The molecule has 7 heteroatoms. The minimum absolute atomic E-state index is 0.0279. The molecule has 5 rings (SSSR count). The van der Waals surface area contributed by atoms with Gasteiger partial charge in [-0.1, -0.05) is 18.2 Å². The van der Waals surface area contributed by atoms with E-state index in [1.54, 1.807) is 6.20 Å². The molecule has 2 aromatic heterocycles. The van der Waals surface area contributed by atoms with Gasteiger partial charge in [-0.05, 0) is 57.7 Å². The van der Waals surface area contributed by atoms with Crippen LogP contribution in [0.1, 0.15) is 67.5 Å². The summed E-state index contributed by atoms with van der Waals surface area (Å²) < 4.78 is 1.89. The molecule has 32 heavy (non-hydrogen) atoms. The fraction of sp³-hybridized carbons (Fsp3) is 0.440. The van der Waals surface area contributed by atoms with E-state index in [-0.39, 0.29) is 23.8 Å². The Labute approximate surface area is 187 Å². The summed E-state index contributed by atoms with van der Waals surface area (Å²) in [5.74, 6) is 0.165. The van der Waals surface area contributed by atoms with Crippen molar-refractivity contribution in [2.45, 2.75) is 51.5 Å². The SMILES string of the molecule is CC(C)n1ncc2c(C(=O)N3CCCC(C(=O)Nc4ccccc4)C3)cc(C3CC3)nc21. The normalized spacial score (nSPS) is 18.8. The standard InChI is InChI=1S/C25H29N5O2/c1-16(2)30-23-21(14-26-30)20(13-22(28-23)17-10-11-17)25(32)29-12-6-7-18(15-29)24(31)27-19-8-4-3-5-9-19/h3-5,8-9,13-14,16-18H,6-7,10-12,15H2,1-2H3,(H,27,31). The minimum Gasteiger partial charge on any atom is -0.338 e. The van der Waals surface area contributed by atoms with E-state index in [1.807, 2.05) is 46.0 Å². The van der Waals surface area contributed by atoms with Gasteiger partial charge in [0.25, 0.3) is 5.91 Å². The van der Waals surface area contributed by atoms with Gasteiger partial charge in [0.15, 0.2) is 5.65 Å². The fourth-order valence-electron chi connectivity index (χ4n) is 4.49. The molecule has 1 atom stereocenters. The van der Waals surface area contributed by atoms with Crippen LogP contribution in [0.4, 0.5) is 5.69 Å². The van der Waals surface area contributed by atoms with Gasteiger partial charge in [0.05, 0.1) is 23.1 Å². The van der Waals surface area contributed by atoms with Crippen molar-refractivity contribution in [2.75, 3.05) is 18.4 Å². The molecular formula is C25H29N5O2. The Morgan fingerprint density at radius 2 is 1.91 bits per heavy atom. The minimum atomic E-state index is -0.216. The van der Waals surface area contributed by atoms with Crippen LogP contribution in [0.25, 0.3) is 11.0 Å². The highest BCUT2D eigenvalue weighted by atomic mass is 16.2. The average Bonchev–Trinajstić information content (AvgIpc) is 3.57. The maximum absolute atomic E-state index is 13.6. The molecular weight excluding hydrogens is 402 g/mol.